The molecule has 0 bridgehead atoms. The molecule has 0 unspecified atom stereocenters. The summed E-state index contributed by atoms with van der Waals surface area (Å²) in [4.78, 5) is 0. The Morgan fingerprint density at radius 2 is 0.231 bits per heavy atom. The molecule has 0 saturated carbocycles. The Balaban J connectivity index is 0. The van der Waals surface area contributed by atoms with Crippen molar-refractivity contribution in [3.8, 4) is 0 Å². The van der Waals surface area contributed by atoms with Crippen molar-refractivity contribution in [1.29, 1.82) is 0 Å². The van der Waals surface area contributed by atoms with Gasteiger partial charge in [0.2, 0.25) is 0 Å². The molecule has 0 atom stereocenters. The van der Waals surface area contributed by atoms with Gasteiger partial charge in [0.25, 0.3) is 0 Å². The summed E-state index contributed by atoms with van der Waals surface area (Å²) in [6.07, 6.45) is 0. The molecule has 0 aliphatic carbocycles. The van der Waals surface area contributed by atoms with Crippen molar-refractivity contribution < 1.29 is 137 Å². The van der Waals surface area contributed by atoms with Gasteiger partial charge in [-0.05, 0) is 0 Å². The Morgan fingerprint density at radius 3 is 0.231 bits per heavy atom. The maximum absolute atomic E-state index is 0. The third-order valence-corrected chi connectivity index (χ3v) is 0. The van der Waals surface area contributed by atoms with Crippen molar-refractivity contribution in [2.45, 2.75) is 0 Å². The molecule has 0 heterocycles. The van der Waals surface area contributed by atoms with Crippen LogP contribution in [0.5, 0.6) is 0 Å². The first-order chi connectivity index (χ1) is 0. The summed E-state index contributed by atoms with van der Waals surface area (Å²) in [5.41, 5.74) is 0. The second-order valence-electron chi connectivity index (χ2n) is 0. The van der Waals surface area contributed by atoms with Crippen LogP contribution >= 0.6 is 0 Å². The van der Waals surface area contributed by atoms with Crippen LogP contribution in [0, 0.1) is 0 Å². The molecule has 72 valence electrons. The molecule has 0 aliphatic heterocycles. The van der Waals surface area contributed by atoms with Crippen LogP contribution in [0.25, 0.3) is 0 Å². The molecular weight excluding hydrogens is 426 g/mol. The van der Waals surface area contributed by atoms with Gasteiger partial charge in [-0.25, -0.2) is 0 Å². The van der Waals surface area contributed by atoms with E-state index in [2.05, 4.69) is 0 Å². The van der Waals surface area contributed by atoms with E-state index < -0.39 is 0 Å². The molecule has 0 fully saturated rings. The van der Waals surface area contributed by atoms with Crippen LogP contribution in [0.4, 0.5) is 0 Å². The average molecular weight is 426 g/mol. The number of hydrogen-bond acceptors (Lipinski definition) is 0. The van der Waals surface area contributed by atoms with E-state index in [9.17, 15) is 0 Å². The molecule has 13 heavy (non-hydrogen) atoms. The summed E-state index contributed by atoms with van der Waals surface area (Å²) in [6.45, 7) is 0. The molecule has 9 nitrogen and oxygen atoms in total. The van der Waals surface area contributed by atoms with Crippen LogP contribution in [0.15, 0.2) is 0 Å². The minimum absolute atomic E-state index is 0. The third kappa shape index (κ3) is 353. The van der Waals surface area contributed by atoms with Crippen LogP contribution in [-0.4, -0.2) is 0 Å². The summed E-state index contributed by atoms with van der Waals surface area (Å²) in [5, 5.41) is 0. The van der Waals surface area contributed by atoms with E-state index in [-0.39, 0.29) is 137 Å². The first-order valence-corrected chi connectivity index (χ1v) is 0. The van der Waals surface area contributed by atoms with Crippen LogP contribution in [-0.2, 0) is 137 Å². The standard InChI is InChI=1S/2Nb.9O.2Ti/q2*+5;9*-2;2*+4. The Hall–Kier alpha value is 2.55. The fourth-order valence-electron chi connectivity index (χ4n) is 0. The maximum Gasteiger partial charge on any atom is 5.00 e. The molecule has 0 spiro atoms. The zero-order chi connectivity index (χ0) is 0. The molecule has 0 amide bonds. The summed E-state index contributed by atoms with van der Waals surface area (Å²) in [5.74, 6) is 0. The SMILES string of the molecule is [Nb+5].[Nb+5].[O-2].[O-2].[O-2].[O-2].[O-2].[O-2].[O-2].[O-2].[O-2].[Ti+4].[Ti+4]. The van der Waals surface area contributed by atoms with Gasteiger partial charge in [0.1, 0.15) is 0 Å². The quantitative estimate of drug-likeness (QED) is 0.419. The molecule has 0 rings (SSSR count). The van der Waals surface area contributed by atoms with E-state index >= 15 is 0 Å². The summed E-state index contributed by atoms with van der Waals surface area (Å²) in [6, 6.07) is 0. The first-order valence-electron chi connectivity index (χ1n) is 0. The van der Waals surface area contributed by atoms with E-state index in [1.165, 1.54) is 0 Å². The predicted octanol–water partition coefficient (Wildman–Crippen LogP) is -1.08. The van der Waals surface area contributed by atoms with Crippen molar-refractivity contribution in [1.82, 2.24) is 0 Å². The number of rotatable bonds is 0. The van der Waals surface area contributed by atoms with Gasteiger partial charge in [-0.1, -0.05) is 0 Å². The Bertz CT molecular complexity index is 15.6. The van der Waals surface area contributed by atoms with Crippen LogP contribution in [0.2, 0.25) is 0 Å². The van der Waals surface area contributed by atoms with Crippen molar-refractivity contribution in [3.05, 3.63) is 0 Å². The molecular formula is Nb2O9Ti2. The van der Waals surface area contributed by atoms with Crippen LogP contribution in [0.3, 0.4) is 0 Å². The zero-order valence-corrected chi connectivity index (χ0v) is 13.1. The molecule has 0 aromatic rings. The van der Waals surface area contributed by atoms with Gasteiger partial charge in [0.05, 0.1) is 0 Å². The van der Waals surface area contributed by atoms with E-state index in [4.69, 9.17) is 0 Å². The van der Waals surface area contributed by atoms with Gasteiger partial charge < -0.3 is 49.3 Å². The van der Waals surface area contributed by atoms with E-state index in [0.717, 1.165) is 0 Å². The second kappa shape index (κ2) is 411. The van der Waals surface area contributed by atoms with Gasteiger partial charge in [-0.2, -0.15) is 0 Å². The molecule has 0 aromatic carbocycles. The Morgan fingerprint density at radius 1 is 0.231 bits per heavy atom. The fourth-order valence-corrected chi connectivity index (χ4v) is 0. The van der Waals surface area contributed by atoms with Crippen molar-refractivity contribution >= 4 is 0 Å². The van der Waals surface area contributed by atoms with E-state index in [1.54, 1.807) is 0 Å². The van der Waals surface area contributed by atoms with Gasteiger partial charge in [0.15, 0.2) is 0 Å². The van der Waals surface area contributed by atoms with Crippen molar-refractivity contribution in [2.24, 2.45) is 0 Å². The first kappa shape index (κ1) is 507. The minimum atomic E-state index is 0. The van der Waals surface area contributed by atoms with Crippen molar-refractivity contribution in [3.63, 3.8) is 0 Å². The molecule has 13 heteroatoms. The van der Waals surface area contributed by atoms with Gasteiger partial charge >= 0.3 is 88.2 Å². The molecule has 0 aromatic heterocycles. The molecule has 0 saturated heterocycles. The van der Waals surface area contributed by atoms with Gasteiger partial charge in [-0.15, -0.1) is 0 Å². The summed E-state index contributed by atoms with van der Waals surface area (Å²) < 4.78 is 0. The number of hydrogen-bond donors (Lipinski definition) is 0. The Labute approximate surface area is 136 Å². The van der Waals surface area contributed by atoms with Crippen molar-refractivity contribution in [2.75, 3.05) is 0 Å². The zero-order valence-electron chi connectivity index (χ0n) is 5.57. The van der Waals surface area contributed by atoms with Gasteiger partial charge in [-0.3, -0.25) is 0 Å². The monoisotopic (exact) mass is 426 g/mol. The predicted molar refractivity (Wildman–Crippen MR) is 6.18 cm³/mol. The average Bonchev–Trinajstić information content (AvgIpc) is 0. The van der Waals surface area contributed by atoms with E-state index in [0.29, 0.717) is 0 Å². The summed E-state index contributed by atoms with van der Waals surface area (Å²) >= 11 is 0. The fraction of sp³-hybridized carbons (Fsp3) is 0. The second-order valence-corrected chi connectivity index (χ2v) is 0. The van der Waals surface area contributed by atoms with Crippen LogP contribution < -0.4 is 0 Å². The van der Waals surface area contributed by atoms with Crippen LogP contribution in [0.1, 0.15) is 0 Å². The summed E-state index contributed by atoms with van der Waals surface area (Å²) in [7, 11) is 0. The third-order valence-electron chi connectivity index (χ3n) is 0. The Kier molecular flexibility index (Phi) is 16000. The smallest absolute Gasteiger partial charge is 2.00 e. The largest absolute Gasteiger partial charge is 5.00 e. The van der Waals surface area contributed by atoms with E-state index in [1.807, 2.05) is 0 Å². The molecule has 0 radical (unpaired) electrons. The van der Waals surface area contributed by atoms with Gasteiger partial charge in [0, 0.05) is 0 Å². The maximum atomic E-state index is 0. The topological polar surface area (TPSA) is 256 Å². The molecule has 0 N–H and O–H groups in total. The minimum Gasteiger partial charge on any atom is -2.00 e. The normalized spacial score (nSPS) is 0. The molecule has 0 aliphatic rings.